The maximum absolute atomic E-state index is 2.51. The normalized spacial score (nSPS) is 13.1. The Kier molecular flexibility index (Phi) is 8.86. The van der Waals surface area contributed by atoms with Crippen molar-refractivity contribution in [2.75, 3.05) is 9.80 Å². The van der Waals surface area contributed by atoms with Gasteiger partial charge in [0.2, 0.25) is 0 Å². The molecule has 1 spiro atoms. The smallest absolute Gasteiger partial charge is 0.0727 e. The summed E-state index contributed by atoms with van der Waals surface area (Å²) in [5.74, 6) is 0. The second kappa shape index (κ2) is 14.9. The Morgan fingerprint density at radius 1 is 0.393 bits per heavy atom. The van der Waals surface area contributed by atoms with Crippen molar-refractivity contribution in [1.82, 2.24) is 0 Å². The SMILES string of the molecule is C/C=C\C=C/c1cccc(N(c2ccccc2)c2cc3c(cc2C)-c2ccc(N(c4ccccc4)c4cccc5ccccc45)cc2C32c3ccccc3-c3ccccc32)c1. The molecular weight excluding hydrogens is 737 g/mol. The fraction of sp³-hybridized carbons (Fsp3) is 0.0508. The van der Waals surface area contributed by atoms with Crippen molar-refractivity contribution < 1.29 is 0 Å². The molecule has 0 aromatic heterocycles. The molecule has 2 nitrogen and oxygen atoms in total. The van der Waals surface area contributed by atoms with Gasteiger partial charge in [0.25, 0.3) is 0 Å². The molecule has 2 aliphatic rings. The van der Waals surface area contributed by atoms with E-state index in [0.29, 0.717) is 0 Å². The third kappa shape index (κ3) is 5.79. The number of nitrogens with zero attached hydrogens (tertiary/aromatic N) is 2. The minimum atomic E-state index is -0.559. The number of benzene rings is 9. The van der Waals surface area contributed by atoms with Gasteiger partial charge in [-0.15, -0.1) is 0 Å². The van der Waals surface area contributed by atoms with Crippen LogP contribution < -0.4 is 9.80 Å². The number of hydrogen-bond acceptors (Lipinski definition) is 2. The molecule has 0 amide bonds. The highest BCUT2D eigenvalue weighted by molar-refractivity contribution is 6.01. The molecule has 290 valence electrons. The molecule has 0 radical (unpaired) electrons. The van der Waals surface area contributed by atoms with E-state index in [-0.39, 0.29) is 0 Å². The van der Waals surface area contributed by atoms with Gasteiger partial charge in [-0.05, 0) is 142 Å². The molecule has 2 aliphatic carbocycles. The van der Waals surface area contributed by atoms with E-state index in [4.69, 9.17) is 0 Å². The van der Waals surface area contributed by atoms with E-state index in [1.807, 2.05) is 6.92 Å². The summed E-state index contributed by atoms with van der Waals surface area (Å²) in [6.07, 6.45) is 8.42. The molecule has 11 rings (SSSR count). The molecule has 0 unspecified atom stereocenters. The van der Waals surface area contributed by atoms with Crippen LogP contribution in [0.15, 0.2) is 224 Å². The van der Waals surface area contributed by atoms with Crippen LogP contribution in [0.1, 0.15) is 40.3 Å². The van der Waals surface area contributed by atoms with Gasteiger partial charge in [0.1, 0.15) is 0 Å². The van der Waals surface area contributed by atoms with Gasteiger partial charge < -0.3 is 9.80 Å². The number of rotatable bonds is 8. The van der Waals surface area contributed by atoms with E-state index in [0.717, 1.165) is 39.7 Å². The van der Waals surface area contributed by atoms with Crippen LogP contribution in [0.4, 0.5) is 34.1 Å². The number of aryl methyl sites for hydroxylation is 1. The second-order valence-electron chi connectivity index (χ2n) is 16.1. The maximum atomic E-state index is 2.51. The van der Waals surface area contributed by atoms with Crippen LogP contribution in [0, 0.1) is 6.92 Å². The number of fused-ring (bicyclic) bond motifs is 11. The van der Waals surface area contributed by atoms with E-state index < -0.39 is 5.41 Å². The molecule has 61 heavy (non-hydrogen) atoms. The largest absolute Gasteiger partial charge is 0.310 e. The Morgan fingerprint density at radius 3 is 1.67 bits per heavy atom. The molecule has 0 saturated carbocycles. The topological polar surface area (TPSA) is 6.48 Å². The molecule has 0 atom stereocenters. The highest BCUT2D eigenvalue weighted by atomic mass is 15.2. The summed E-state index contributed by atoms with van der Waals surface area (Å²) in [7, 11) is 0. The van der Waals surface area contributed by atoms with Crippen LogP contribution in [-0.4, -0.2) is 0 Å². The summed E-state index contributed by atoms with van der Waals surface area (Å²) in [6, 6.07) is 76.2. The number of hydrogen-bond donors (Lipinski definition) is 0. The first-order valence-electron chi connectivity index (χ1n) is 21.2. The zero-order valence-corrected chi connectivity index (χ0v) is 34.3. The predicted octanol–water partition coefficient (Wildman–Crippen LogP) is 16.0. The third-order valence-corrected chi connectivity index (χ3v) is 12.6. The van der Waals surface area contributed by atoms with Gasteiger partial charge >= 0.3 is 0 Å². The fourth-order valence-electron chi connectivity index (χ4n) is 10.1. The molecule has 0 N–H and O–H groups in total. The van der Waals surface area contributed by atoms with E-state index in [1.54, 1.807) is 0 Å². The van der Waals surface area contributed by atoms with Crippen LogP contribution in [0.5, 0.6) is 0 Å². The highest BCUT2D eigenvalue weighted by Crippen LogP contribution is 2.64. The van der Waals surface area contributed by atoms with Crippen LogP contribution in [-0.2, 0) is 5.41 Å². The monoisotopic (exact) mass is 780 g/mol. The van der Waals surface area contributed by atoms with Crippen molar-refractivity contribution in [1.29, 1.82) is 0 Å². The van der Waals surface area contributed by atoms with Gasteiger partial charge in [0, 0.05) is 33.8 Å². The maximum Gasteiger partial charge on any atom is 0.0727 e. The predicted molar refractivity (Wildman–Crippen MR) is 258 cm³/mol. The molecule has 2 heteroatoms. The summed E-state index contributed by atoms with van der Waals surface area (Å²) < 4.78 is 0. The molecule has 0 saturated heterocycles. The Morgan fingerprint density at radius 2 is 0.951 bits per heavy atom. The van der Waals surface area contributed by atoms with E-state index >= 15 is 0 Å². The van der Waals surface area contributed by atoms with Crippen molar-refractivity contribution in [3.63, 3.8) is 0 Å². The minimum Gasteiger partial charge on any atom is -0.310 e. The Balaban J connectivity index is 1.19. The molecule has 9 aromatic carbocycles. The lowest BCUT2D eigenvalue weighted by atomic mass is 9.70. The minimum absolute atomic E-state index is 0.559. The first-order valence-corrected chi connectivity index (χ1v) is 21.2. The number of anilines is 6. The lowest BCUT2D eigenvalue weighted by molar-refractivity contribution is 0.793. The molecule has 0 fully saturated rings. The first-order chi connectivity index (χ1) is 30.1. The zero-order chi connectivity index (χ0) is 40.9. The van der Waals surface area contributed by atoms with Crippen LogP contribution in [0.2, 0.25) is 0 Å². The second-order valence-corrected chi connectivity index (χ2v) is 16.1. The van der Waals surface area contributed by atoms with E-state index in [1.165, 1.54) is 60.8 Å². The van der Waals surface area contributed by atoms with Gasteiger partial charge in [-0.2, -0.15) is 0 Å². The lowest BCUT2D eigenvalue weighted by Gasteiger charge is -2.34. The molecule has 0 aliphatic heterocycles. The lowest BCUT2D eigenvalue weighted by Crippen LogP contribution is -2.26. The van der Waals surface area contributed by atoms with Crippen molar-refractivity contribution in [2.24, 2.45) is 0 Å². The number of para-hydroxylation sites is 2. The van der Waals surface area contributed by atoms with Gasteiger partial charge in [-0.25, -0.2) is 0 Å². The van der Waals surface area contributed by atoms with E-state index in [2.05, 4.69) is 247 Å². The third-order valence-electron chi connectivity index (χ3n) is 12.6. The Bertz CT molecular complexity index is 3120. The summed E-state index contributed by atoms with van der Waals surface area (Å²) >= 11 is 0. The highest BCUT2D eigenvalue weighted by Gasteiger charge is 2.52. The Labute approximate surface area is 358 Å². The van der Waals surface area contributed by atoms with Crippen LogP contribution in [0.25, 0.3) is 39.1 Å². The quantitative estimate of drug-likeness (QED) is 0.142. The first kappa shape index (κ1) is 36.4. The molecule has 0 bridgehead atoms. The summed E-state index contributed by atoms with van der Waals surface area (Å²) in [6.45, 7) is 4.32. The summed E-state index contributed by atoms with van der Waals surface area (Å²) in [4.78, 5) is 4.88. The Hall–Kier alpha value is -7.68. The zero-order valence-electron chi connectivity index (χ0n) is 34.3. The number of allylic oxidation sites excluding steroid dienone is 3. The van der Waals surface area contributed by atoms with Crippen molar-refractivity contribution in [3.8, 4) is 22.3 Å². The van der Waals surface area contributed by atoms with Gasteiger partial charge in [0.15, 0.2) is 0 Å². The van der Waals surface area contributed by atoms with Crippen molar-refractivity contribution in [3.05, 3.63) is 258 Å². The van der Waals surface area contributed by atoms with Crippen molar-refractivity contribution in [2.45, 2.75) is 19.3 Å². The molecule has 0 heterocycles. The van der Waals surface area contributed by atoms with Crippen molar-refractivity contribution >= 4 is 51.0 Å². The van der Waals surface area contributed by atoms with Gasteiger partial charge in [-0.3, -0.25) is 0 Å². The average molecular weight is 781 g/mol. The van der Waals surface area contributed by atoms with Crippen LogP contribution >= 0.6 is 0 Å². The van der Waals surface area contributed by atoms with Gasteiger partial charge in [-0.1, -0.05) is 164 Å². The fourth-order valence-corrected chi connectivity index (χ4v) is 10.1. The van der Waals surface area contributed by atoms with E-state index in [9.17, 15) is 0 Å². The summed E-state index contributed by atoms with van der Waals surface area (Å²) in [5.41, 5.74) is 19.0. The molecule has 9 aromatic rings. The summed E-state index contributed by atoms with van der Waals surface area (Å²) in [5, 5.41) is 2.43. The average Bonchev–Trinajstić information content (AvgIpc) is 3.76. The molecular formula is C59H44N2. The van der Waals surface area contributed by atoms with Gasteiger partial charge in [0.05, 0.1) is 11.1 Å². The van der Waals surface area contributed by atoms with Crippen LogP contribution in [0.3, 0.4) is 0 Å². The standard InChI is InChI=1S/C59H44N2/c1-3-4-7-20-42-21-18-28-46(38-42)61(45-26-10-6-11-27-45)58-40-56-52(37-41(58)2)51-36-35-47(39-55(51)59(56)53-32-16-14-30-49(53)50-31-15-17-33-54(50)59)60(44-24-8-5-9-25-44)57-34-19-23-43-22-12-13-29-48(43)57/h3-40H,1-2H3/b4-3-,20-7-.